The summed E-state index contributed by atoms with van der Waals surface area (Å²) in [7, 11) is 1.62. The normalized spacial score (nSPS) is 17.8. The van der Waals surface area contributed by atoms with Crippen LogP contribution in [0.3, 0.4) is 0 Å². The lowest BCUT2D eigenvalue weighted by atomic mass is 10.0. The van der Waals surface area contributed by atoms with Crippen molar-refractivity contribution in [3.05, 3.63) is 22.2 Å². The fourth-order valence-electron chi connectivity index (χ4n) is 2.07. The summed E-state index contributed by atoms with van der Waals surface area (Å²) in [6.45, 7) is 2.44. The van der Waals surface area contributed by atoms with E-state index in [4.69, 9.17) is 27.0 Å². The summed E-state index contributed by atoms with van der Waals surface area (Å²) in [6.07, 6.45) is 1.60. The van der Waals surface area contributed by atoms with Crippen LogP contribution in [0.1, 0.15) is 18.1 Å². The van der Waals surface area contributed by atoms with Crippen molar-refractivity contribution in [2.45, 2.75) is 25.9 Å². The first-order valence-electron chi connectivity index (χ1n) is 5.54. The summed E-state index contributed by atoms with van der Waals surface area (Å²) in [5, 5.41) is 0.738. The van der Waals surface area contributed by atoms with Crippen LogP contribution in [0.4, 0.5) is 0 Å². The second-order valence-corrected chi connectivity index (χ2v) is 4.49. The Labute approximate surface area is 106 Å². The minimum atomic E-state index is 0.136. The smallest absolute Gasteiger partial charge is 0.166 e. The molecule has 17 heavy (non-hydrogen) atoms. The standard InChI is InChI=1S/C12H16ClNO3/c1-7-5-9-11(13)8(3-4-16-14)6-10(15-2)12(9)17-7/h6-7H,3-5,14H2,1-2H3. The minimum Gasteiger partial charge on any atom is -0.493 e. The Kier molecular flexibility index (Phi) is 3.76. The van der Waals surface area contributed by atoms with Gasteiger partial charge >= 0.3 is 0 Å². The maximum Gasteiger partial charge on any atom is 0.166 e. The molecule has 0 aliphatic carbocycles. The highest BCUT2D eigenvalue weighted by Gasteiger charge is 2.27. The average Bonchev–Trinajstić information content (AvgIpc) is 2.71. The van der Waals surface area contributed by atoms with Gasteiger partial charge in [0.15, 0.2) is 11.5 Å². The van der Waals surface area contributed by atoms with Crippen LogP contribution in [0.25, 0.3) is 0 Å². The van der Waals surface area contributed by atoms with Crippen molar-refractivity contribution in [2.24, 2.45) is 5.90 Å². The lowest BCUT2D eigenvalue weighted by Crippen LogP contribution is -2.05. The van der Waals surface area contributed by atoms with Gasteiger partial charge in [0.2, 0.25) is 0 Å². The highest BCUT2D eigenvalue weighted by molar-refractivity contribution is 6.32. The van der Waals surface area contributed by atoms with Crippen molar-refractivity contribution >= 4 is 11.6 Å². The molecule has 94 valence electrons. The van der Waals surface area contributed by atoms with Crippen molar-refractivity contribution in [1.29, 1.82) is 0 Å². The molecule has 0 amide bonds. The maximum atomic E-state index is 6.35. The Balaban J connectivity index is 2.40. The molecule has 4 nitrogen and oxygen atoms in total. The first kappa shape index (κ1) is 12.5. The second kappa shape index (κ2) is 5.12. The minimum absolute atomic E-state index is 0.136. The molecule has 0 saturated carbocycles. The van der Waals surface area contributed by atoms with Crippen molar-refractivity contribution in [1.82, 2.24) is 0 Å². The topological polar surface area (TPSA) is 53.7 Å². The Morgan fingerprint density at radius 3 is 3.00 bits per heavy atom. The Morgan fingerprint density at radius 2 is 2.35 bits per heavy atom. The van der Waals surface area contributed by atoms with E-state index in [0.29, 0.717) is 13.0 Å². The Hall–Kier alpha value is -0.970. The summed E-state index contributed by atoms with van der Waals surface area (Å²) in [5.74, 6) is 6.52. The molecule has 5 heteroatoms. The van der Waals surface area contributed by atoms with E-state index in [1.165, 1.54) is 0 Å². The van der Waals surface area contributed by atoms with Crippen molar-refractivity contribution in [3.8, 4) is 11.5 Å². The molecule has 2 N–H and O–H groups in total. The molecule has 2 rings (SSSR count). The van der Waals surface area contributed by atoms with Gasteiger partial charge in [0.25, 0.3) is 0 Å². The number of hydrogen-bond acceptors (Lipinski definition) is 4. The van der Waals surface area contributed by atoms with Crippen LogP contribution in [0.5, 0.6) is 11.5 Å². The fraction of sp³-hybridized carbons (Fsp3) is 0.500. The highest BCUT2D eigenvalue weighted by Crippen LogP contribution is 2.43. The molecule has 1 aliphatic heterocycles. The van der Waals surface area contributed by atoms with Crippen LogP contribution in [-0.2, 0) is 17.7 Å². The predicted molar refractivity (Wildman–Crippen MR) is 65.6 cm³/mol. The van der Waals surface area contributed by atoms with Gasteiger partial charge in [-0.3, -0.25) is 0 Å². The van der Waals surface area contributed by atoms with Crippen LogP contribution in [0, 0.1) is 0 Å². The lowest BCUT2D eigenvalue weighted by molar-refractivity contribution is 0.141. The van der Waals surface area contributed by atoms with Crippen LogP contribution >= 0.6 is 11.6 Å². The number of nitrogens with two attached hydrogens (primary N) is 1. The zero-order valence-electron chi connectivity index (χ0n) is 9.96. The van der Waals surface area contributed by atoms with Crippen LogP contribution in [-0.4, -0.2) is 19.8 Å². The maximum absolute atomic E-state index is 6.35. The van der Waals surface area contributed by atoms with Gasteiger partial charge in [0.05, 0.1) is 18.7 Å². The first-order chi connectivity index (χ1) is 8.17. The van der Waals surface area contributed by atoms with Gasteiger partial charge in [-0.15, -0.1) is 0 Å². The van der Waals surface area contributed by atoms with Crippen molar-refractivity contribution in [2.75, 3.05) is 13.7 Å². The van der Waals surface area contributed by atoms with Gasteiger partial charge < -0.3 is 14.3 Å². The number of rotatable bonds is 4. The summed E-state index contributed by atoms with van der Waals surface area (Å²) in [5.41, 5.74) is 2.00. The van der Waals surface area contributed by atoms with E-state index in [1.54, 1.807) is 7.11 Å². The molecule has 1 heterocycles. The van der Waals surface area contributed by atoms with Crippen LogP contribution < -0.4 is 15.4 Å². The SMILES string of the molecule is COc1cc(CCON)c(Cl)c2c1OC(C)C2. The van der Waals surface area contributed by atoms with E-state index in [0.717, 1.165) is 34.1 Å². The van der Waals surface area contributed by atoms with E-state index >= 15 is 0 Å². The Bertz CT molecular complexity index is 423. The van der Waals surface area contributed by atoms with E-state index in [9.17, 15) is 0 Å². The number of methoxy groups -OCH3 is 1. The van der Waals surface area contributed by atoms with E-state index < -0.39 is 0 Å². The molecule has 0 fully saturated rings. The summed E-state index contributed by atoms with van der Waals surface area (Å²) in [6, 6.07) is 1.89. The molecule has 1 aromatic carbocycles. The third kappa shape index (κ3) is 2.34. The number of fused-ring (bicyclic) bond motifs is 1. The summed E-state index contributed by atoms with van der Waals surface area (Å²) >= 11 is 6.35. The summed E-state index contributed by atoms with van der Waals surface area (Å²) < 4.78 is 11.0. The van der Waals surface area contributed by atoms with E-state index in [-0.39, 0.29) is 6.10 Å². The average molecular weight is 258 g/mol. The lowest BCUT2D eigenvalue weighted by Gasteiger charge is -2.12. The zero-order valence-corrected chi connectivity index (χ0v) is 10.7. The number of hydrogen-bond donors (Lipinski definition) is 1. The molecule has 1 atom stereocenters. The van der Waals surface area contributed by atoms with Crippen LogP contribution in [0.15, 0.2) is 6.07 Å². The Morgan fingerprint density at radius 1 is 1.59 bits per heavy atom. The number of benzene rings is 1. The third-order valence-corrected chi connectivity index (χ3v) is 3.34. The number of halogens is 1. The van der Waals surface area contributed by atoms with Gasteiger partial charge in [-0.2, -0.15) is 0 Å². The van der Waals surface area contributed by atoms with Crippen LogP contribution in [0.2, 0.25) is 5.02 Å². The molecule has 1 aromatic rings. The van der Waals surface area contributed by atoms with Gasteiger partial charge in [0.1, 0.15) is 6.10 Å². The monoisotopic (exact) mass is 257 g/mol. The van der Waals surface area contributed by atoms with E-state index in [2.05, 4.69) is 4.84 Å². The predicted octanol–water partition coefficient (Wildman–Crippen LogP) is 2.10. The third-order valence-electron chi connectivity index (χ3n) is 2.87. The quantitative estimate of drug-likeness (QED) is 0.840. The van der Waals surface area contributed by atoms with Gasteiger partial charge in [-0.1, -0.05) is 11.6 Å². The van der Waals surface area contributed by atoms with E-state index in [1.807, 2.05) is 13.0 Å². The number of ether oxygens (including phenoxy) is 2. The molecule has 0 saturated heterocycles. The van der Waals surface area contributed by atoms with Gasteiger partial charge in [-0.05, 0) is 25.0 Å². The molecule has 0 bridgehead atoms. The molecule has 1 aliphatic rings. The molecule has 0 aromatic heterocycles. The second-order valence-electron chi connectivity index (χ2n) is 4.11. The van der Waals surface area contributed by atoms with Gasteiger partial charge in [-0.25, -0.2) is 5.90 Å². The van der Waals surface area contributed by atoms with Crippen molar-refractivity contribution < 1.29 is 14.3 Å². The van der Waals surface area contributed by atoms with Gasteiger partial charge in [0, 0.05) is 12.0 Å². The molecule has 0 spiro atoms. The molecular weight excluding hydrogens is 242 g/mol. The highest BCUT2D eigenvalue weighted by atomic mass is 35.5. The molecule has 0 radical (unpaired) electrons. The zero-order chi connectivity index (χ0) is 12.4. The molecular formula is C12H16ClNO3. The fourth-order valence-corrected chi connectivity index (χ4v) is 2.39. The largest absolute Gasteiger partial charge is 0.493 e. The van der Waals surface area contributed by atoms with Crippen molar-refractivity contribution in [3.63, 3.8) is 0 Å². The molecule has 1 unspecified atom stereocenters. The summed E-state index contributed by atoms with van der Waals surface area (Å²) in [4.78, 5) is 4.58. The first-order valence-corrected chi connectivity index (χ1v) is 5.91.